The van der Waals surface area contributed by atoms with E-state index in [2.05, 4.69) is 27.7 Å². The smallest absolute Gasteiger partial charge is 0.0124 e. The van der Waals surface area contributed by atoms with Gasteiger partial charge in [-0.3, -0.25) is 0 Å². The van der Waals surface area contributed by atoms with Crippen molar-refractivity contribution in [3.8, 4) is 0 Å². The van der Waals surface area contributed by atoms with Crippen LogP contribution in [0.1, 0.15) is 79.1 Å². The van der Waals surface area contributed by atoms with Crippen LogP contribution < -0.4 is 5.73 Å². The summed E-state index contributed by atoms with van der Waals surface area (Å²) in [5.74, 6) is 3.38. The lowest BCUT2D eigenvalue weighted by atomic mass is 9.63. The topological polar surface area (TPSA) is 26.0 Å². The van der Waals surface area contributed by atoms with Gasteiger partial charge in [0.1, 0.15) is 0 Å². The molecule has 2 aliphatic carbocycles. The van der Waals surface area contributed by atoms with E-state index in [1.165, 1.54) is 51.4 Å². The molecule has 4 atom stereocenters. The van der Waals surface area contributed by atoms with Gasteiger partial charge in [-0.1, -0.05) is 47.0 Å². The molecular formula is C18H35N. The molecule has 0 bridgehead atoms. The Labute approximate surface area is 120 Å². The molecule has 0 aliphatic heterocycles. The SMILES string of the molecule is CC(C)CC1(C(N)C2CCC(C)C(C)C2)CCCC1. The van der Waals surface area contributed by atoms with E-state index in [0.29, 0.717) is 11.5 Å². The van der Waals surface area contributed by atoms with Gasteiger partial charge in [-0.05, 0) is 61.2 Å². The van der Waals surface area contributed by atoms with E-state index >= 15 is 0 Å². The Morgan fingerprint density at radius 3 is 2.21 bits per heavy atom. The van der Waals surface area contributed by atoms with E-state index in [-0.39, 0.29) is 0 Å². The van der Waals surface area contributed by atoms with Gasteiger partial charge >= 0.3 is 0 Å². The van der Waals surface area contributed by atoms with E-state index in [4.69, 9.17) is 5.73 Å². The highest BCUT2D eigenvalue weighted by Gasteiger charge is 2.44. The zero-order valence-electron chi connectivity index (χ0n) is 13.6. The summed E-state index contributed by atoms with van der Waals surface area (Å²) in [5.41, 5.74) is 7.33. The maximum absolute atomic E-state index is 6.84. The number of nitrogens with two attached hydrogens (primary N) is 1. The zero-order valence-corrected chi connectivity index (χ0v) is 13.6. The second-order valence-corrected chi connectivity index (χ2v) is 8.22. The molecule has 2 aliphatic rings. The van der Waals surface area contributed by atoms with Crippen molar-refractivity contribution < 1.29 is 0 Å². The zero-order chi connectivity index (χ0) is 14.0. The van der Waals surface area contributed by atoms with Crippen LogP contribution >= 0.6 is 0 Å². The molecule has 2 rings (SSSR count). The lowest BCUT2D eigenvalue weighted by Crippen LogP contribution is -2.48. The molecule has 112 valence electrons. The summed E-state index contributed by atoms with van der Waals surface area (Å²) in [4.78, 5) is 0. The van der Waals surface area contributed by atoms with Crippen molar-refractivity contribution in [3.05, 3.63) is 0 Å². The van der Waals surface area contributed by atoms with Crippen molar-refractivity contribution in [2.24, 2.45) is 34.8 Å². The summed E-state index contributed by atoms with van der Waals surface area (Å²) < 4.78 is 0. The predicted octanol–water partition coefficient (Wildman–Crippen LogP) is 4.99. The highest BCUT2D eigenvalue weighted by molar-refractivity contribution is 4.98. The normalized spacial score (nSPS) is 36.6. The van der Waals surface area contributed by atoms with Crippen molar-refractivity contribution in [1.82, 2.24) is 0 Å². The summed E-state index contributed by atoms with van der Waals surface area (Å²) in [6.07, 6.45) is 11.1. The summed E-state index contributed by atoms with van der Waals surface area (Å²) in [7, 11) is 0. The minimum Gasteiger partial charge on any atom is -0.327 e. The largest absolute Gasteiger partial charge is 0.327 e. The van der Waals surface area contributed by atoms with E-state index in [9.17, 15) is 0 Å². The molecule has 4 unspecified atom stereocenters. The van der Waals surface area contributed by atoms with Crippen molar-refractivity contribution in [2.75, 3.05) is 0 Å². The summed E-state index contributed by atoms with van der Waals surface area (Å²) in [6, 6.07) is 0.465. The van der Waals surface area contributed by atoms with Crippen LogP contribution in [-0.4, -0.2) is 6.04 Å². The van der Waals surface area contributed by atoms with Crippen molar-refractivity contribution >= 4 is 0 Å². The van der Waals surface area contributed by atoms with E-state index in [1.54, 1.807) is 0 Å². The summed E-state index contributed by atoms with van der Waals surface area (Å²) in [5, 5.41) is 0. The van der Waals surface area contributed by atoms with Crippen LogP contribution in [-0.2, 0) is 0 Å². The first kappa shape index (κ1) is 15.4. The average Bonchev–Trinajstić information content (AvgIpc) is 2.80. The lowest BCUT2D eigenvalue weighted by molar-refractivity contribution is 0.0897. The van der Waals surface area contributed by atoms with Gasteiger partial charge in [-0.2, -0.15) is 0 Å². The minimum atomic E-state index is 0.465. The summed E-state index contributed by atoms with van der Waals surface area (Å²) >= 11 is 0. The Kier molecular flexibility index (Phi) is 4.98. The Bertz CT molecular complexity index is 277. The molecule has 0 radical (unpaired) electrons. The fourth-order valence-corrected chi connectivity index (χ4v) is 4.98. The molecule has 1 heteroatoms. The fourth-order valence-electron chi connectivity index (χ4n) is 4.98. The fraction of sp³-hybridized carbons (Fsp3) is 1.00. The molecule has 0 aromatic heterocycles. The molecule has 0 amide bonds. The third-order valence-electron chi connectivity index (χ3n) is 6.27. The standard InChI is InChI=1S/C18H35N/c1-13(2)12-18(9-5-6-10-18)17(19)16-8-7-14(3)15(4)11-16/h13-17H,5-12,19H2,1-4H3. The van der Waals surface area contributed by atoms with Crippen LogP contribution in [0.2, 0.25) is 0 Å². The Morgan fingerprint density at radius 1 is 1.05 bits per heavy atom. The van der Waals surface area contributed by atoms with Crippen molar-refractivity contribution in [3.63, 3.8) is 0 Å². The molecule has 0 saturated heterocycles. The molecule has 0 aromatic rings. The Balaban J connectivity index is 2.05. The minimum absolute atomic E-state index is 0.465. The van der Waals surface area contributed by atoms with Gasteiger partial charge in [-0.25, -0.2) is 0 Å². The van der Waals surface area contributed by atoms with Gasteiger partial charge < -0.3 is 5.73 Å². The first-order valence-corrected chi connectivity index (χ1v) is 8.70. The van der Waals surface area contributed by atoms with Crippen LogP contribution in [0.3, 0.4) is 0 Å². The van der Waals surface area contributed by atoms with Gasteiger partial charge in [0.2, 0.25) is 0 Å². The number of hydrogen-bond donors (Lipinski definition) is 1. The predicted molar refractivity (Wildman–Crippen MR) is 84.0 cm³/mol. The Morgan fingerprint density at radius 2 is 1.68 bits per heavy atom. The van der Waals surface area contributed by atoms with E-state index < -0.39 is 0 Å². The van der Waals surface area contributed by atoms with E-state index in [1.807, 2.05) is 0 Å². The second kappa shape index (κ2) is 6.16. The quantitative estimate of drug-likeness (QED) is 0.761. The lowest BCUT2D eigenvalue weighted by Gasteiger charge is -2.44. The van der Waals surface area contributed by atoms with Gasteiger partial charge in [0.25, 0.3) is 0 Å². The third kappa shape index (κ3) is 3.35. The molecule has 0 aromatic carbocycles. The molecule has 19 heavy (non-hydrogen) atoms. The molecule has 1 nitrogen and oxygen atoms in total. The van der Waals surface area contributed by atoms with Crippen LogP contribution in [0.5, 0.6) is 0 Å². The van der Waals surface area contributed by atoms with E-state index in [0.717, 1.165) is 23.7 Å². The van der Waals surface area contributed by atoms with Crippen LogP contribution in [0, 0.1) is 29.1 Å². The van der Waals surface area contributed by atoms with Crippen molar-refractivity contribution in [2.45, 2.75) is 85.1 Å². The first-order chi connectivity index (χ1) is 8.94. The second-order valence-electron chi connectivity index (χ2n) is 8.22. The Hall–Kier alpha value is -0.0400. The third-order valence-corrected chi connectivity index (χ3v) is 6.27. The molecule has 0 spiro atoms. The van der Waals surface area contributed by atoms with Gasteiger partial charge in [0.05, 0.1) is 0 Å². The molecule has 2 N–H and O–H groups in total. The molecule has 2 fully saturated rings. The highest BCUT2D eigenvalue weighted by Crippen LogP contribution is 2.49. The van der Waals surface area contributed by atoms with Gasteiger partial charge in [-0.15, -0.1) is 0 Å². The first-order valence-electron chi connectivity index (χ1n) is 8.70. The maximum Gasteiger partial charge on any atom is 0.0124 e. The number of rotatable bonds is 4. The average molecular weight is 265 g/mol. The van der Waals surface area contributed by atoms with Crippen LogP contribution in [0.15, 0.2) is 0 Å². The molecule has 2 saturated carbocycles. The van der Waals surface area contributed by atoms with Gasteiger partial charge in [0, 0.05) is 6.04 Å². The summed E-state index contributed by atoms with van der Waals surface area (Å²) in [6.45, 7) is 9.61. The monoisotopic (exact) mass is 265 g/mol. The van der Waals surface area contributed by atoms with Crippen LogP contribution in [0.25, 0.3) is 0 Å². The molecule has 0 heterocycles. The van der Waals surface area contributed by atoms with Crippen molar-refractivity contribution in [1.29, 1.82) is 0 Å². The maximum atomic E-state index is 6.84. The number of hydrogen-bond acceptors (Lipinski definition) is 1. The highest BCUT2D eigenvalue weighted by atomic mass is 14.7. The van der Waals surface area contributed by atoms with Crippen LogP contribution in [0.4, 0.5) is 0 Å². The van der Waals surface area contributed by atoms with Gasteiger partial charge in [0.15, 0.2) is 0 Å². The molecular weight excluding hydrogens is 230 g/mol.